The van der Waals surface area contributed by atoms with Crippen molar-refractivity contribution in [2.75, 3.05) is 10.6 Å². The summed E-state index contributed by atoms with van der Waals surface area (Å²) in [5.74, 6) is -0.113. The number of anilines is 2. The first-order valence-electron chi connectivity index (χ1n) is 7.89. The molecular weight excluding hydrogens is 387 g/mol. The third kappa shape index (κ3) is 5.25. The number of nitrogens with one attached hydrogen (secondary N) is 3. The second-order valence-electron chi connectivity index (χ2n) is 5.55. The van der Waals surface area contributed by atoms with E-state index in [9.17, 15) is 9.18 Å². The molecule has 0 saturated carbocycles. The number of thiocarbonyl (C=S) groups is 1. The largest absolute Gasteiger partial charge is 0.356 e. The molecule has 138 valence electrons. The van der Waals surface area contributed by atoms with Gasteiger partial charge in [-0.1, -0.05) is 16.6 Å². The lowest BCUT2D eigenvalue weighted by atomic mass is 10.1. The minimum atomic E-state index is -0.350. The van der Waals surface area contributed by atoms with Gasteiger partial charge in [0.05, 0.1) is 17.9 Å². The lowest BCUT2D eigenvalue weighted by Crippen LogP contribution is -2.31. The topological polar surface area (TPSA) is 91.8 Å². The molecule has 0 aliphatic rings. The Kier molecular flexibility index (Phi) is 5.99. The van der Waals surface area contributed by atoms with Gasteiger partial charge in [0.25, 0.3) is 5.91 Å². The Morgan fingerprint density at radius 1 is 1.19 bits per heavy atom. The van der Waals surface area contributed by atoms with Gasteiger partial charge < -0.3 is 16.0 Å². The number of halogens is 1. The number of benzene rings is 1. The van der Waals surface area contributed by atoms with Crippen LogP contribution in [0.2, 0.25) is 0 Å². The lowest BCUT2D eigenvalue weighted by Gasteiger charge is -2.17. The number of carbonyl (C=O) groups is 1. The zero-order chi connectivity index (χ0) is 19.2. The van der Waals surface area contributed by atoms with E-state index in [-0.39, 0.29) is 23.5 Å². The summed E-state index contributed by atoms with van der Waals surface area (Å²) in [4.78, 5) is 16.1. The van der Waals surface area contributed by atoms with Crippen LogP contribution < -0.4 is 16.0 Å². The second kappa shape index (κ2) is 8.60. The molecule has 3 aromatic rings. The van der Waals surface area contributed by atoms with Gasteiger partial charge in [-0.2, -0.15) is 0 Å². The van der Waals surface area contributed by atoms with Crippen LogP contribution >= 0.6 is 23.8 Å². The molecule has 7 nitrogen and oxygen atoms in total. The van der Waals surface area contributed by atoms with Gasteiger partial charge >= 0.3 is 0 Å². The number of rotatable bonds is 5. The smallest absolute Gasteiger partial charge is 0.277 e. The Morgan fingerprint density at radius 3 is 2.59 bits per heavy atom. The maximum atomic E-state index is 13.0. The second-order valence-corrected chi connectivity index (χ2v) is 6.57. The number of hydrogen-bond acceptors (Lipinski definition) is 6. The van der Waals surface area contributed by atoms with Crippen molar-refractivity contribution in [1.29, 1.82) is 0 Å². The molecule has 2 aromatic heterocycles. The number of carbonyl (C=O) groups excluding carboxylic acids is 1. The van der Waals surface area contributed by atoms with Crippen LogP contribution in [0.3, 0.4) is 0 Å². The Labute approximate surface area is 164 Å². The molecule has 2 heterocycles. The highest BCUT2D eigenvalue weighted by molar-refractivity contribution is 7.80. The average molecular weight is 402 g/mol. The first-order valence-corrected chi connectivity index (χ1v) is 9.13. The minimum Gasteiger partial charge on any atom is -0.356 e. The Bertz CT molecular complexity index is 916. The first-order chi connectivity index (χ1) is 13.0. The van der Waals surface area contributed by atoms with Gasteiger partial charge in [-0.3, -0.25) is 4.79 Å². The Morgan fingerprint density at radius 2 is 1.96 bits per heavy atom. The van der Waals surface area contributed by atoms with Gasteiger partial charge in [-0.05, 0) is 60.5 Å². The van der Waals surface area contributed by atoms with Crippen molar-refractivity contribution < 1.29 is 9.18 Å². The average Bonchev–Trinajstić information content (AvgIpc) is 3.18. The molecule has 0 bridgehead atoms. The van der Waals surface area contributed by atoms with Crippen LogP contribution in [0.25, 0.3) is 0 Å². The summed E-state index contributed by atoms with van der Waals surface area (Å²) < 4.78 is 16.6. The van der Waals surface area contributed by atoms with E-state index in [2.05, 4.69) is 30.5 Å². The highest BCUT2D eigenvalue weighted by Crippen LogP contribution is 2.14. The molecule has 0 radical (unpaired) electrons. The molecule has 1 amide bonds. The molecule has 0 aliphatic heterocycles. The molecule has 1 unspecified atom stereocenters. The summed E-state index contributed by atoms with van der Waals surface area (Å²) in [5, 5.41) is 14.4. The normalized spacial score (nSPS) is 11.5. The SMILES string of the molecule is CC(NC(=S)Nc1ccc(NC(=O)c2csnn2)cn1)c1ccc(F)cc1. The van der Waals surface area contributed by atoms with Crippen molar-refractivity contribution in [3.8, 4) is 0 Å². The maximum Gasteiger partial charge on any atom is 0.277 e. The van der Waals surface area contributed by atoms with Crippen molar-refractivity contribution in [2.24, 2.45) is 0 Å². The Balaban J connectivity index is 1.53. The van der Waals surface area contributed by atoms with E-state index in [1.165, 1.54) is 18.3 Å². The van der Waals surface area contributed by atoms with Gasteiger partial charge in [0.15, 0.2) is 10.8 Å². The summed E-state index contributed by atoms with van der Waals surface area (Å²) in [7, 11) is 0. The first kappa shape index (κ1) is 18.8. The van der Waals surface area contributed by atoms with Gasteiger partial charge in [-0.25, -0.2) is 9.37 Å². The van der Waals surface area contributed by atoms with Crippen LogP contribution in [-0.4, -0.2) is 25.6 Å². The number of hydrogen-bond donors (Lipinski definition) is 3. The monoisotopic (exact) mass is 402 g/mol. The zero-order valence-electron chi connectivity index (χ0n) is 14.1. The van der Waals surface area contributed by atoms with Crippen LogP contribution in [0.1, 0.15) is 29.0 Å². The fourth-order valence-corrected chi connectivity index (χ4v) is 2.90. The van der Waals surface area contributed by atoms with Gasteiger partial charge in [0.1, 0.15) is 11.6 Å². The molecule has 27 heavy (non-hydrogen) atoms. The third-order valence-corrected chi connectivity index (χ3v) is 4.30. The number of pyridine rings is 1. The fourth-order valence-electron chi connectivity index (χ4n) is 2.18. The molecule has 3 rings (SSSR count). The van der Waals surface area contributed by atoms with Crippen LogP contribution in [-0.2, 0) is 0 Å². The summed E-state index contributed by atoms with van der Waals surface area (Å²) in [6.45, 7) is 1.92. The molecule has 0 saturated heterocycles. The molecule has 0 aliphatic carbocycles. The van der Waals surface area contributed by atoms with Crippen molar-refractivity contribution in [2.45, 2.75) is 13.0 Å². The standard InChI is InChI=1S/C17H15FN6OS2/c1-10(11-2-4-12(18)5-3-11)20-17(26)22-15-7-6-13(8-19-15)21-16(25)14-9-27-24-23-14/h2-10H,1H3,(H,21,25)(H2,19,20,22,26). The molecule has 3 N–H and O–H groups in total. The molecular formula is C17H15FN6OS2. The molecule has 0 spiro atoms. The summed E-state index contributed by atoms with van der Waals surface area (Å²) in [5.41, 5.74) is 1.68. The predicted molar refractivity (Wildman–Crippen MR) is 106 cm³/mol. The van der Waals surface area contributed by atoms with Gasteiger partial charge in [-0.15, -0.1) is 5.10 Å². The van der Waals surface area contributed by atoms with Crippen LogP contribution in [0.5, 0.6) is 0 Å². The van der Waals surface area contributed by atoms with E-state index >= 15 is 0 Å². The number of nitrogens with zero attached hydrogens (tertiary/aromatic N) is 3. The Hall–Kier alpha value is -2.98. The predicted octanol–water partition coefficient (Wildman–Crippen LogP) is 3.37. The van der Waals surface area contributed by atoms with E-state index in [1.54, 1.807) is 29.6 Å². The van der Waals surface area contributed by atoms with Crippen molar-refractivity contribution in [3.05, 3.63) is 65.0 Å². The fraction of sp³-hybridized carbons (Fsp3) is 0.118. The highest BCUT2D eigenvalue weighted by Gasteiger charge is 2.10. The zero-order valence-corrected chi connectivity index (χ0v) is 15.8. The van der Waals surface area contributed by atoms with Crippen LogP contribution in [0.4, 0.5) is 15.9 Å². The molecule has 10 heteroatoms. The quantitative estimate of drug-likeness (QED) is 0.564. The molecule has 0 fully saturated rings. The summed E-state index contributed by atoms with van der Waals surface area (Å²) >= 11 is 6.38. The van der Waals surface area contributed by atoms with E-state index in [4.69, 9.17) is 12.2 Å². The van der Waals surface area contributed by atoms with Gasteiger partial charge in [0, 0.05) is 5.38 Å². The van der Waals surface area contributed by atoms with Crippen LogP contribution in [0, 0.1) is 5.82 Å². The van der Waals surface area contributed by atoms with Gasteiger partial charge in [0.2, 0.25) is 0 Å². The molecule has 1 aromatic carbocycles. The summed E-state index contributed by atoms with van der Waals surface area (Å²) in [6, 6.07) is 9.48. The van der Waals surface area contributed by atoms with Crippen molar-refractivity contribution >= 4 is 46.3 Å². The highest BCUT2D eigenvalue weighted by atomic mass is 32.1. The lowest BCUT2D eigenvalue weighted by molar-refractivity contribution is 0.102. The van der Waals surface area contributed by atoms with Crippen molar-refractivity contribution in [1.82, 2.24) is 19.9 Å². The number of amides is 1. The minimum absolute atomic E-state index is 0.101. The van der Waals surface area contributed by atoms with Crippen LogP contribution in [0.15, 0.2) is 48.0 Å². The molecule has 1 atom stereocenters. The maximum absolute atomic E-state index is 13.0. The number of aromatic nitrogens is 3. The van der Waals surface area contributed by atoms with Crippen molar-refractivity contribution in [3.63, 3.8) is 0 Å². The summed E-state index contributed by atoms with van der Waals surface area (Å²) in [6.07, 6.45) is 1.51. The van der Waals surface area contributed by atoms with E-state index in [0.29, 0.717) is 16.6 Å². The van der Waals surface area contributed by atoms with E-state index in [1.807, 2.05) is 6.92 Å². The van der Waals surface area contributed by atoms with E-state index < -0.39 is 0 Å². The third-order valence-electron chi connectivity index (χ3n) is 3.57. The van der Waals surface area contributed by atoms with E-state index in [0.717, 1.165) is 17.1 Å².